The minimum absolute atomic E-state index is 0.0435. The SMILES string of the molecule is Cc1ccccc1CS(=O)(=O)CCNC(C)(C)C. The molecule has 18 heavy (non-hydrogen) atoms. The summed E-state index contributed by atoms with van der Waals surface area (Å²) in [6.45, 7) is 8.53. The molecule has 0 atom stereocenters. The molecule has 1 N–H and O–H groups in total. The summed E-state index contributed by atoms with van der Waals surface area (Å²) in [6, 6.07) is 7.63. The fraction of sp³-hybridized carbons (Fsp3) is 0.571. The van der Waals surface area contributed by atoms with Crippen LogP contribution in [0.3, 0.4) is 0 Å². The van der Waals surface area contributed by atoms with Crippen LogP contribution in [0.2, 0.25) is 0 Å². The highest BCUT2D eigenvalue weighted by atomic mass is 32.2. The summed E-state index contributed by atoms with van der Waals surface area (Å²) < 4.78 is 24.0. The van der Waals surface area contributed by atoms with Gasteiger partial charge in [0, 0.05) is 12.1 Å². The van der Waals surface area contributed by atoms with Crippen molar-refractivity contribution in [2.45, 2.75) is 39.0 Å². The van der Waals surface area contributed by atoms with Gasteiger partial charge in [-0.25, -0.2) is 8.42 Å². The molecule has 0 radical (unpaired) electrons. The molecule has 0 heterocycles. The van der Waals surface area contributed by atoms with E-state index in [1.807, 2.05) is 52.0 Å². The third-order valence-electron chi connectivity index (χ3n) is 2.71. The highest BCUT2D eigenvalue weighted by Gasteiger charge is 2.15. The quantitative estimate of drug-likeness (QED) is 0.892. The number of hydrogen-bond acceptors (Lipinski definition) is 3. The van der Waals surface area contributed by atoms with Gasteiger partial charge in [0.15, 0.2) is 9.84 Å². The van der Waals surface area contributed by atoms with E-state index in [0.717, 1.165) is 11.1 Å². The highest BCUT2D eigenvalue weighted by Crippen LogP contribution is 2.11. The van der Waals surface area contributed by atoms with Gasteiger partial charge in [-0.2, -0.15) is 0 Å². The van der Waals surface area contributed by atoms with Gasteiger partial charge in [-0.3, -0.25) is 0 Å². The Labute approximate surface area is 111 Å². The molecular formula is C14H23NO2S. The van der Waals surface area contributed by atoms with Gasteiger partial charge in [-0.05, 0) is 38.8 Å². The lowest BCUT2D eigenvalue weighted by molar-refractivity contribution is 0.438. The van der Waals surface area contributed by atoms with Crippen LogP contribution in [0.1, 0.15) is 31.9 Å². The number of hydrogen-bond donors (Lipinski definition) is 1. The largest absolute Gasteiger partial charge is 0.311 e. The second kappa shape index (κ2) is 5.85. The monoisotopic (exact) mass is 269 g/mol. The lowest BCUT2D eigenvalue weighted by atomic mass is 10.1. The van der Waals surface area contributed by atoms with Crippen LogP contribution in [0, 0.1) is 6.92 Å². The molecule has 4 heteroatoms. The first-order valence-corrected chi connectivity index (χ1v) is 8.02. The van der Waals surface area contributed by atoms with Crippen LogP contribution in [-0.2, 0) is 15.6 Å². The molecule has 0 bridgehead atoms. The summed E-state index contributed by atoms with van der Waals surface area (Å²) in [7, 11) is -3.04. The molecule has 0 aliphatic rings. The zero-order valence-corrected chi connectivity index (χ0v) is 12.5. The molecule has 3 nitrogen and oxygen atoms in total. The minimum Gasteiger partial charge on any atom is -0.311 e. The van der Waals surface area contributed by atoms with Gasteiger partial charge in [-0.1, -0.05) is 24.3 Å². The van der Waals surface area contributed by atoms with E-state index in [-0.39, 0.29) is 17.0 Å². The maximum atomic E-state index is 12.0. The molecule has 102 valence electrons. The van der Waals surface area contributed by atoms with Crippen LogP contribution in [0.25, 0.3) is 0 Å². The molecule has 0 amide bonds. The smallest absolute Gasteiger partial charge is 0.155 e. The predicted molar refractivity (Wildman–Crippen MR) is 76.4 cm³/mol. The van der Waals surface area contributed by atoms with Crippen molar-refractivity contribution in [1.29, 1.82) is 0 Å². The molecular weight excluding hydrogens is 246 g/mol. The van der Waals surface area contributed by atoms with Crippen molar-refractivity contribution in [2.75, 3.05) is 12.3 Å². The third-order valence-corrected chi connectivity index (χ3v) is 4.28. The molecule has 1 aromatic carbocycles. The summed E-state index contributed by atoms with van der Waals surface area (Å²) >= 11 is 0. The number of benzene rings is 1. The van der Waals surface area contributed by atoms with Gasteiger partial charge in [0.2, 0.25) is 0 Å². The maximum absolute atomic E-state index is 12.0. The van der Waals surface area contributed by atoms with Gasteiger partial charge >= 0.3 is 0 Å². The molecule has 1 rings (SSSR count). The molecule has 0 aromatic heterocycles. The van der Waals surface area contributed by atoms with Crippen molar-refractivity contribution in [2.24, 2.45) is 0 Å². The van der Waals surface area contributed by atoms with Crippen molar-refractivity contribution in [3.63, 3.8) is 0 Å². The fourth-order valence-corrected chi connectivity index (χ4v) is 3.02. The van der Waals surface area contributed by atoms with E-state index in [2.05, 4.69) is 5.32 Å². The van der Waals surface area contributed by atoms with Gasteiger partial charge in [0.1, 0.15) is 0 Å². The highest BCUT2D eigenvalue weighted by molar-refractivity contribution is 7.90. The van der Waals surface area contributed by atoms with Crippen molar-refractivity contribution in [3.05, 3.63) is 35.4 Å². The predicted octanol–water partition coefficient (Wildman–Crippen LogP) is 2.30. The van der Waals surface area contributed by atoms with Gasteiger partial charge in [0.25, 0.3) is 0 Å². The summed E-state index contributed by atoms with van der Waals surface area (Å²) in [6.07, 6.45) is 0. The van der Waals surface area contributed by atoms with E-state index in [9.17, 15) is 8.42 Å². The first-order valence-electron chi connectivity index (χ1n) is 6.20. The van der Waals surface area contributed by atoms with Crippen molar-refractivity contribution < 1.29 is 8.42 Å². The molecule has 0 fully saturated rings. The average Bonchev–Trinajstić information content (AvgIpc) is 2.18. The normalized spacial score (nSPS) is 12.7. The Morgan fingerprint density at radius 1 is 1.17 bits per heavy atom. The lowest BCUT2D eigenvalue weighted by Crippen LogP contribution is -2.39. The van der Waals surface area contributed by atoms with Crippen LogP contribution in [-0.4, -0.2) is 26.3 Å². The Kier molecular flexibility index (Phi) is 4.93. The van der Waals surface area contributed by atoms with Crippen LogP contribution >= 0.6 is 0 Å². The van der Waals surface area contributed by atoms with E-state index in [4.69, 9.17) is 0 Å². The van der Waals surface area contributed by atoms with Crippen molar-refractivity contribution >= 4 is 9.84 Å². The van der Waals surface area contributed by atoms with Gasteiger partial charge in [0.05, 0.1) is 11.5 Å². The van der Waals surface area contributed by atoms with Crippen LogP contribution < -0.4 is 5.32 Å². The number of nitrogens with one attached hydrogen (secondary N) is 1. The van der Waals surface area contributed by atoms with Crippen molar-refractivity contribution in [3.8, 4) is 0 Å². The Morgan fingerprint density at radius 2 is 1.78 bits per heavy atom. The van der Waals surface area contributed by atoms with Gasteiger partial charge in [-0.15, -0.1) is 0 Å². The summed E-state index contributed by atoms with van der Waals surface area (Å²) in [5.74, 6) is 0.310. The summed E-state index contributed by atoms with van der Waals surface area (Å²) in [5, 5.41) is 3.20. The zero-order valence-electron chi connectivity index (χ0n) is 11.7. The topological polar surface area (TPSA) is 46.2 Å². The summed E-state index contributed by atoms with van der Waals surface area (Å²) in [5.41, 5.74) is 1.89. The summed E-state index contributed by atoms with van der Waals surface area (Å²) in [4.78, 5) is 0. The molecule has 0 spiro atoms. The minimum atomic E-state index is -3.04. The first-order chi connectivity index (χ1) is 8.20. The van der Waals surface area contributed by atoms with E-state index in [0.29, 0.717) is 6.54 Å². The number of rotatable bonds is 5. The molecule has 0 saturated heterocycles. The van der Waals surface area contributed by atoms with Crippen LogP contribution in [0.15, 0.2) is 24.3 Å². The van der Waals surface area contributed by atoms with Crippen molar-refractivity contribution in [1.82, 2.24) is 5.32 Å². The molecule has 0 aliphatic heterocycles. The Morgan fingerprint density at radius 3 is 2.33 bits per heavy atom. The molecule has 0 saturated carbocycles. The second-order valence-electron chi connectivity index (χ2n) is 5.70. The van der Waals surface area contributed by atoms with E-state index < -0.39 is 9.84 Å². The van der Waals surface area contributed by atoms with E-state index in [1.54, 1.807) is 0 Å². The fourth-order valence-electron chi connectivity index (χ4n) is 1.66. The second-order valence-corrected chi connectivity index (χ2v) is 7.88. The molecule has 0 aliphatic carbocycles. The Hall–Kier alpha value is -0.870. The van der Waals surface area contributed by atoms with Crippen LogP contribution in [0.5, 0.6) is 0 Å². The lowest BCUT2D eigenvalue weighted by Gasteiger charge is -2.20. The Bertz CT molecular complexity index is 487. The number of sulfone groups is 1. The number of aryl methyl sites for hydroxylation is 1. The standard InChI is InChI=1S/C14H23NO2S/c1-12-7-5-6-8-13(12)11-18(16,17)10-9-15-14(2,3)4/h5-8,15H,9-11H2,1-4H3. The van der Waals surface area contributed by atoms with Gasteiger partial charge < -0.3 is 5.32 Å². The maximum Gasteiger partial charge on any atom is 0.155 e. The first kappa shape index (κ1) is 15.2. The molecule has 1 aromatic rings. The Balaban J connectivity index is 2.58. The van der Waals surface area contributed by atoms with Crippen LogP contribution in [0.4, 0.5) is 0 Å². The van der Waals surface area contributed by atoms with E-state index >= 15 is 0 Å². The third kappa shape index (κ3) is 5.65. The van der Waals surface area contributed by atoms with E-state index in [1.165, 1.54) is 0 Å². The average molecular weight is 269 g/mol. The zero-order chi connectivity index (χ0) is 13.8. The molecule has 0 unspecified atom stereocenters.